The van der Waals surface area contributed by atoms with Crippen LogP contribution >= 0.6 is 0 Å². The summed E-state index contributed by atoms with van der Waals surface area (Å²) in [5, 5.41) is 15.7. The average molecular weight is 405 g/mol. The molecule has 1 aliphatic carbocycles. The minimum Gasteiger partial charge on any atom is -0.497 e. The number of anilines is 2. The maximum absolute atomic E-state index is 12.0. The van der Waals surface area contributed by atoms with Gasteiger partial charge >= 0.3 is 6.03 Å². The van der Waals surface area contributed by atoms with Gasteiger partial charge in [-0.3, -0.25) is 0 Å². The average Bonchev–Trinajstić information content (AvgIpc) is 3.49. The summed E-state index contributed by atoms with van der Waals surface area (Å²) in [4.78, 5) is 14.3. The van der Waals surface area contributed by atoms with Crippen LogP contribution in [0.25, 0.3) is 0 Å². The molecule has 2 unspecified atom stereocenters. The number of carbonyl (C=O) groups excluding carboxylic acids is 1. The molecule has 1 fully saturated rings. The Kier molecular flexibility index (Phi) is 5.54. The van der Waals surface area contributed by atoms with E-state index in [-0.39, 0.29) is 24.0 Å². The number of methoxy groups -OCH3 is 1. The molecule has 0 aromatic heterocycles. The first-order chi connectivity index (χ1) is 14.5. The summed E-state index contributed by atoms with van der Waals surface area (Å²) in [5.74, 6) is 1.25. The van der Waals surface area contributed by atoms with Gasteiger partial charge in [0.15, 0.2) is 0 Å². The lowest BCUT2D eigenvalue weighted by Gasteiger charge is -2.29. The van der Waals surface area contributed by atoms with E-state index in [1.54, 1.807) is 7.11 Å². The van der Waals surface area contributed by atoms with Crippen LogP contribution in [0.2, 0.25) is 0 Å². The minimum absolute atomic E-state index is 0.0451. The third-order valence-corrected chi connectivity index (χ3v) is 5.75. The lowest BCUT2D eigenvalue weighted by Crippen LogP contribution is -2.34. The Balaban J connectivity index is 1.62. The van der Waals surface area contributed by atoms with E-state index in [1.807, 2.05) is 56.3 Å². The van der Waals surface area contributed by atoms with Crippen molar-refractivity contribution in [2.75, 3.05) is 23.9 Å². The molecule has 1 heterocycles. The van der Waals surface area contributed by atoms with Crippen molar-refractivity contribution in [2.24, 2.45) is 5.92 Å². The maximum Gasteiger partial charge on any atom is 0.319 e. The van der Waals surface area contributed by atoms with Gasteiger partial charge in [0.1, 0.15) is 5.75 Å². The minimum atomic E-state index is -0.243. The van der Waals surface area contributed by atoms with Gasteiger partial charge in [0.05, 0.1) is 25.1 Å². The molecular formula is C24H28N4O2. The van der Waals surface area contributed by atoms with Crippen molar-refractivity contribution in [1.82, 2.24) is 5.32 Å². The maximum atomic E-state index is 12.0. The number of benzene rings is 2. The van der Waals surface area contributed by atoms with Crippen molar-refractivity contribution >= 4 is 17.4 Å². The Morgan fingerprint density at radius 1 is 1.23 bits per heavy atom. The van der Waals surface area contributed by atoms with Crippen LogP contribution in [0.15, 0.2) is 42.5 Å². The van der Waals surface area contributed by atoms with Gasteiger partial charge in [0, 0.05) is 30.0 Å². The van der Waals surface area contributed by atoms with Gasteiger partial charge in [-0.05, 0) is 61.9 Å². The first kappa shape index (κ1) is 20.1. The number of fused-ring (bicyclic) bond motifs is 1. The second-order valence-electron chi connectivity index (χ2n) is 8.45. The van der Waals surface area contributed by atoms with E-state index in [9.17, 15) is 10.1 Å². The molecule has 0 spiro atoms. The Morgan fingerprint density at radius 2 is 1.97 bits per heavy atom. The van der Waals surface area contributed by atoms with Gasteiger partial charge in [-0.2, -0.15) is 5.26 Å². The van der Waals surface area contributed by atoms with Crippen molar-refractivity contribution < 1.29 is 9.53 Å². The van der Waals surface area contributed by atoms with E-state index < -0.39 is 0 Å². The lowest BCUT2D eigenvalue weighted by atomic mass is 9.91. The summed E-state index contributed by atoms with van der Waals surface area (Å²) >= 11 is 0. The molecule has 2 aromatic carbocycles. The summed E-state index contributed by atoms with van der Waals surface area (Å²) in [5.41, 5.74) is 3.96. The Bertz CT molecular complexity index is 960. The number of urea groups is 1. The first-order valence-electron chi connectivity index (χ1n) is 10.5. The molecule has 0 saturated heterocycles. The number of hydrogen-bond donors (Lipinski definition) is 2. The van der Waals surface area contributed by atoms with Crippen LogP contribution in [-0.2, 0) is 0 Å². The fourth-order valence-electron chi connectivity index (χ4n) is 4.16. The molecule has 30 heavy (non-hydrogen) atoms. The Morgan fingerprint density at radius 3 is 2.57 bits per heavy atom. The van der Waals surface area contributed by atoms with Crippen LogP contribution in [-0.4, -0.2) is 25.7 Å². The fourth-order valence-corrected chi connectivity index (χ4v) is 4.16. The molecule has 2 amide bonds. The first-order valence-corrected chi connectivity index (χ1v) is 10.5. The number of ether oxygens (including phenoxy) is 1. The van der Waals surface area contributed by atoms with Crippen molar-refractivity contribution in [1.29, 1.82) is 5.26 Å². The Labute approximate surface area is 177 Å². The van der Waals surface area contributed by atoms with Gasteiger partial charge in [-0.25, -0.2) is 4.79 Å². The standard InChI is InChI=1S/C24H28N4O2/c1-15(2)26-24(29)27-18-8-6-17(7-9-18)23-21(13-25)20-11-10-19(30-3)12-22(20)28(23)14-16-4-5-16/h6-12,15-16,21,23H,4-5,14H2,1-3H3,(H2,26,27,29). The topological polar surface area (TPSA) is 77.4 Å². The van der Waals surface area contributed by atoms with E-state index in [0.717, 1.165) is 34.8 Å². The molecule has 0 bridgehead atoms. The Hall–Kier alpha value is -3.20. The van der Waals surface area contributed by atoms with E-state index in [4.69, 9.17) is 4.74 Å². The highest BCUT2D eigenvalue weighted by Crippen LogP contribution is 2.51. The number of nitrogens with zero attached hydrogens (tertiary/aromatic N) is 2. The molecule has 6 nitrogen and oxygen atoms in total. The summed E-state index contributed by atoms with van der Waals surface area (Å²) in [6.45, 7) is 4.79. The molecule has 4 rings (SSSR count). The van der Waals surface area contributed by atoms with E-state index >= 15 is 0 Å². The van der Waals surface area contributed by atoms with Gasteiger partial charge < -0.3 is 20.3 Å². The number of carbonyl (C=O) groups is 1. The van der Waals surface area contributed by atoms with E-state index in [0.29, 0.717) is 5.92 Å². The van der Waals surface area contributed by atoms with Crippen LogP contribution in [0.3, 0.4) is 0 Å². The number of amides is 2. The largest absolute Gasteiger partial charge is 0.497 e. The number of rotatable bonds is 6. The highest BCUT2D eigenvalue weighted by molar-refractivity contribution is 5.89. The molecular weight excluding hydrogens is 376 g/mol. The van der Waals surface area contributed by atoms with Crippen molar-refractivity contribution in [3.8, 4) is 11.8 Å². The zero-order chi connectivity index (χ0) is 21.3. The molecule has 156 valence electrons. The fraction of sp³-hybridized carbons (Fsp3) is 0.417. The SMILES string of the molecule is COc1ccc2c(c1)N(CC1CC1)C(c1ccc(NC(=O)NC(C)C)cc1)C2C#N. The third kappa shape index (κ3) is 4.06. The lowest BCUT2D eigenvalue weighted by molar-refractivity contribution is 0.250. The summed E-state index contributed by atoms with van der Waals surface area (Å²) in [7, 11) is 1.67. The number of hydrogen-bond acceptors (Lipinski definition) is 4. The number of nitrogens with one attached hydrogen (secondary N) is 2. The van der Waals surface area contributed by atoms with Gasteiger partial charge in [0.2, 0.25) is 0 Å². The third-order valence-electron chi connectivity index (χ3n) is 5.75. The monoisotopic (exact) mass is 404 g/mol. The van der Waals surface area contributed by atoms with Crippen LogP contribution in [0.4, 0.5) is 16.2 Å². The molecule has 2 aromatic rings. The summed E-state index contributed by atoms with van der Waals surface area (Å²) < 4.78 is 5.44. The normalized spacial score (nSPS) is 19.9. The van der Waals surface area contributed by atoms with Crippen LogP contribution in [0.1, 0.15) is 49.8 Å². The molecule has 2 atom stereocenters. The molecule has 1 saturated carbocycles. The zero-order valence-electron chi connectivity index (χ0n) is 17.7. The zero-order valence-corrected chi connectivity index (χ0v) is 17.7. The second kappa shape index (κ2) is 8.27. The predicted octanol–water partition coefficient (Wildman–Crippen LogP) is 4.80. The van der Waals surface area contributed by atoms with Crippen molar-refractivity contribution in [3.05, 3.63) is 53.6 Å². The van der Waals surface area contributed by atoms with E-state index in [1.165, 1.54) is 12.8 Å². The molecule has 2 N–H and O–H groups in total. The molecule has 2 aliphatic rings. The highest BCUT2D eigenvalue weighted by atomic mass is 16.5. The van der Waals surface area contributed by atoms with Crippen molar-refractivity contribution in [2.45, 2.75) is 44.7 Å². The quantitative estimate of drug-likeness (QED) is 0.725. The second-order valence-corrected chi connectivity index (χ2v) is 8.45. The van der Waals surface area contributed by atoms with Gasteiger partial charge in [0.25, 0.3) is 0 Å². The molecule has 0 radical (unpaired) electrons. The smallest absolute Gasteiger partial charge is 0.319 e. The summed E-state index contributed by atoms with van der Waals surface area (Å²) in [6.07, 6.45) is 2.49. The number of nitriles is 1. The highest BCUT2D eigenvalue weighted by Gasteiger charge is 2.42. The molecule has 1 aliphatic heterocycles. The predicted molar refractivity (Wildman–Crippen MR) is 118 cm³/mol. The molecule has 6 heteroatoms. The van der Waals surface area contributed by atoms with Crippen LogP contribution < -0.4 is 20.3 Å². The van der Waals surface area contributed by atoms with Crippen LogP contribution in [0, 0.1) is 17.2 Å². The van der Waals surface area contributed by atoms with Crippen LogP contribution in [0.5, 0.6) is 5.75 Å². The van der Waals surface area contributed by atoms with Crippen molar-refractivity contribution in [3.63, 3.8) is 0 Å². The van der Waals surface area contributed by atoms with E-state index in [2.05, 4.69) is 21.6 Å². The van der Waals surface area contributed by atoms with Gasteiger partial charge in [-0.15, -0.1) is 0 Å². The van der Waals surface area contributed by atoms with Gasteiger partial charge in [-0.1, -0.05) is 18.2 Å². The summed E-state index contributed by atoms with van der Waals surface area (Å²) in [6, 6.07) is 16.2.